The monoisotopic (exact) mass is 406 g/mol. The first kappa shape index (κ1) is 19.7. The van der Waals surface area contributed by atoms with Gasteiger partial charge >= 0.3 is 5.97 Å². The molecule has 1 heterocycles. The van der Waals surface area contributed by atoms with Gasteiger partial charge in [0.25, 0.3) is 5.91 Å². The van der Waals surface area contributed by atoms with Gasteiger partial charge < -0.3 is 14.4 Å². The minimum absolute atomic E-state index is 0.0510. The smallest absolute Gasteiger partial charge is 0.326 e. The SMILES string of the molecule is CCC(C(=O)O)n1/c(=N/C(=O)c2ccc(OC)cc2)sc2cc(F)c(F)cc21. The van der Waals surface area contributed by atoms with E-state index in [1.54, 1.807) is 19.1 Å². The molecule has 28 heavy (non-hydrogen) atoms. The van der Waals surface area contributed by atoms with Crippen LogP contribution in [0.1, 0.15) is 29.7 Å². The summed E-state index contributed by atoms with van der Waals surface area (Å²) in [7, 11) is 1.50. The molecular formula is C19H16F2N2O4S. The molecule has 146 valence electrons. The van der Waals surface area contributed by atoms with Gasteiger partial charge in [-0.3, -0.25) is 4.79 Å². The van der Waals surface area contributed by atoms with Gasteiger partial charge in [-0.05, 0) is 36.8 Å². The predicted octanol–water partition coefficient (Wildman–Crippen LogP) is 3.77. The predicted molar refractivity (Wildman–Crippen MR) is 99.6 cm³/mol. The summed E-state index contributed by atoms with van der Waals surface area (Å²) >= 11 is 0.919. The van der Waals surface area contributed by atoms with Gasteiger partial charge in [0.1, 0.15) is 11.8 Å². The van der Waals surface area contributed by atoms with E-state index in [0.29, 0.717) is 10.4 Å². The Morgan fingerprint density at radius 1 is 1.21 bits per heavy atom. The van der Waals surface area contributed by atoms with Crippen LogP contribution in [0.15, 0.2) is 41.4 Å². The summed E-state index contributed by atoms with van der Waals surface area (Å²) in [5.41, 5.74) is 0.435. The molecule has 0 bridgehead atoms. The van der Waals surface area contributed by atoms with Crippen molar-refractivity contribution in [3.63, 3.8) is 0 Å². The van der Waals surface area contributed by atoms with Crippen molar-refractivity contribution in [3.05, 3.63) is 58.4 Å². The minimum Gasteiger partial charge on any atom is -0.497 e. The number of hydrogen-bond donors (Lipinski definition) is 1. The van der Waals surface area contributed by atoms with E-state index in [2.05, 4.69) is 4.99 Å². The van der Waals surface area contributed by atoms with E-state index >= 15 is 0 Å². The standard InChI is InChI=1S/C19H16F2N2O4S/c1-3-14(18(25)26)23-15-8-12(20)13(21)9-16(15)28-19(23)22-17(24)10-4-6-11(27-2)7-5-10/h4-9,14H,3H2,1-2H3,(H,25,26)/b22-19-. The molecule has 0 fully saturated rings. The number of aliphatic carboxylic acids is 1. The van der Waals surface area contributed by atoms with E-state index in [-0.39, 0.29) is 22.3 Å². The fourth-order valence-electron chi connectivity index (χ4n) is 2.77. The molecule has 6 nitrogen and oxygen atoms in total. The molecule has 1 atom stereocenters. The Morgan fingerprint density at radius 3 is 2.43 bits per heavy atom. The quantitative estimate of drug-likeness (QED) is 0.700. The second kappa shape index (κ2) is 7.89. The Hall–Kier alpha value is -3.07. The zero-order valence-corrected chi connectivity index (χ0v) is 15.8. The van der Waals surface area contributed by atoms with Crippen LogP contribution in [0.25, 0.3) is 10.2 Å². The molecule has 2 aromatic carbocycles. The van der Waals surface area contributed by atoms with Crippen LogP contribution in [0.3, 0.4) is 0 Å². The lowest BCUT2D eigenvalue weighted by molar-refractivity contribution is -0.140. The van der Waals surface area contributed by atoms with Crippen LogP contribution >= 0.6 is 11.3 Å². The first-order valence-electron chi connectivity index (χ1n) is 8.31. The van der Waals surface area contributed by atoms with E-state index in [0.717, 1.165) is 23.5 Å². The van der Waals surface area contributed by atoms with E-state index < -0.39 is 29.6 Å². The minimum atomic E-state index is -1.16. The molecule has 0 saturated carbocycles. The Morgan fingerprint density at radius 2 is 1.86 bits per heavy atom. The molecular weight excluding hydrogens is 390 g/mol. The maximum absolute atomic E-state index is 13.8. The fourth-order valence-corrected chi connectivity index (χ4v) is 3.84. The van der Waals surface area contributed by atoms with Gasteiger partial charge in [0.15, 0.2) is 16.4 Å². The number of rotatable bonds is 5. The highest BCUT2D eigenvalue weighted by Gasteiger charge is 2.23. The molecule has 0 radical (unpaired) electrons. The number of halogens is 2. The normalized spacial score (nSPS) is 12.9. The summed E-state index contributed by atoms with van der Waals surface area (Å²) in [6.45, 7) is 1.64. The van der Waals surface area contributed by atoms with Crippen LogP contribution in [0.5, 0.6) is 5.75 Å². The first-order valence-corrected chi connectivity index (χ1v) is 9.13. The molecule has 9 heteroatoms. The number of fused-ring (bicyclic) bond motifs is 1. The van der Waals surface area contributed by atoms with Crippen molar-refractivity contribution < 1.29 is 28.2 Å². The molecule has 3 aromatic rings. The van der Waals surface area contributed by atoms with E-state index in [1.165, 1.54) is 23.8 Å². The van der Waals surface area contributed by atoms with Crippen LogP contribution in [-0.2, 0) is 4.79 Å². The maximum atomic E-state index is 13.8. The molecule has 1 N–H and O–H groups in total. The third kappa shape index (κ3) is 3.65. The number of carbonyl (C=O) groups is 2. The molecule has 0 aliphatic rings. The Bertz CT molecular complexity index is 1120. The largest absolute Gasteiger partial charge is 0.497 e. The molecule has 1 amide bonds. The third-order valence-corrected chi connectivity index (χ3v) is 5.20. The molecule has 1 unspecified atom stereocenters. The second-order valence-corrected chi connectivity index (χ2v) is 6.91. The third-order valence-electron chi connectivity index (χ3n) is 4.19. The average molecular weight is 406 g/mol. The van der Waals surface area contributed by atoms with Gasteiger partial charge in [0.2, 0.25) is 0 Å². The van der Waals surface area contributed by atoms with Gasteiger partial charge in [0.05, 0.1) is 17.3 Å². The number of aromatic nitrogens is 1. The number of amides is 1. The summed E-state index contributed by atoms with van der Waals surface area (Å²) in [5, 5.41) is 9.54. The van der Waals surface area contributed by atoms with Crippen molar-refractivity contribution in [2.24, 2.45) is 4.99 Å². The summed E-state index contributed by atoms with van der Waals surface area (Å²) in [5.74, 6) is -3.37. The lowest BCUT2D eigenvalue weighted by Crippen LogP contribution is -2.27. The zero-order chi connectivity index (χ0) is 20.4. The summed E-state index contributed by atoms with van der Waals surface area (Å²) in [6.07, 6.45) is 0.171. The average Bonchev–Trinajstić information content (AvgIpc) is 2.99. The van der Waals surface area contributed by atoms with E-state index in [9.17, 15) is 23.5 Å². The lowest BCUT2D eigenvalue weighted by atomic mass is 10.2. The maximum Gasteiger partial charge on any atom is 0.326 e. The van der Waals surface area contributed by atoms with Crippen molar-refractivity contribution >= 4 is 33.4 Å². The van der Waals surface area contributed by atoms with Crippen LogP contribution in [0.4, 0.5) is 8.78 Å². The Balaban J connectivity index is 2.21. The molecule has 0 aliphatic carbocycles. The number of carboxylic acid groups (broad SMARTS) is 1. The highest BCUT2D eigenvalue weighted by Crippen LogP contribution is 2.25. The van der Waals surface area contributed by atoms with Crippen LogP contribution in [0, 0.1) is 11.6 Å². The topological polar surface area (TPSA) is 80.9 Å². The molecule has 0 aliphatic heterocycles. The van der Waals surface area contributed by atoms with E-state index in [4.69, 9.17) is 4.74 Å². The molecule has 1 aromatic heterocycles. The summed E-state index contributed by atoms with van der Waals surface area (Å²) in [6, 6.07) is 7.05. The highest BCUT2D eigenvalue weighted by atomic mass is 32.1. The number of benzene rings is 2. The number of ether oxygens (including phenoxy) is 1. The lowest BCUT2D eigenvalue weighted by Gasteiger charge is -2.13. The van der Waals surface area contributed by atoms with Gasteiger partial charge in [-0.2, -0.15) is 4.99 Å². The van der Waals surface area contributed by atoms with Crippen molar-refractivity contribution in [1.29, 1.82) is 0 Å². The summed E-state index contributed by atoms with van der Waals surface area (Å²) in [4.78, 5) is 28.3. The first-order chi connectivity index (χ1) is 13.3. The van der Waals surface area contributed by atoms with Crippen LogP contribution in [-0.4, -0.2) is 28.7 Å². The van der Waals surface area contributed by atoms with Crippen LogP contribution < -0.4 is 9.54 Å². The van der Waals surface area contributed by atoms with Gasteiger partial charge in [-0.15, -0.1) is 0 Å². The van der Waals surface area contributed by atoms with Crippen molar-refractivity contribution in [2.45, 2.75) is 19.4 Å². The zero-order valence-electron chi connectivity index (χ0n) is 15.0. The van der Waals surface area contributed by atoms with Crippen molar-refractivity contribution in [3.8, 4) is 5.75 Å². The molecule has 3 rings (SSSR count). The number of thiazole rings is 1. The van der Waals surface area contributed by atoms with Crippen molar-refractivity contribution in [1.82, 2.24) is 4.57 Å². The number of hydrogen-bond acceptors (Lipinski definition) is 4. The summed E-state index contributed by atoms with van der Waals surface area (Å²) < 4.78 is 34.0. The molecule has 0 saturated heterocycles. The number of methoxy groups -OCH3 is 1. The van der Waals surface area contributed by atoms with Crippen molar-refractivity contribution in [2.75, 3.05) is 7.11 Å². The second-order valence-electron chi connectivity index (χ2n) is 5.90. The van der Waals surface area contributed by atoms with Gasteiger partial charge in [-0.25, -0.2) is 13.6 Å². The van der Waals surface area contributed by atoms with Gasteiger partial charge in [-0.1, -0.05) is 18.3 Å². The fraction of sp³-hybridized carbons (Fsp3) is 0.211. The number of carbonyl (C=O) groups excluding carboxylic acids is 1. The number of carboxylic acids is 1. The van der Waals surface area contributed by atoms with E-state index in [1.807, 2.05) is 0 Å². The number of nitrogens with zero attached hydrogens (tertiary/aromatic N) is 2. The Kier molecular flexibility index (Phi) is 5.55. The van der Waals surface area contributed by atoms with Gasteiger partial charge in [0, 0.05) is 11.6 Å². The molecule has 0 spiro atoms. The highest BCUT2D eigenvalue weighted by molar-refractivity contribution is 7.16. The Labute approximate surface area is 162 Å². The van der Waals surface area contributed by atoms with Crippen LogP contribution in [0.2, 0.25) is 0 Å².